The van der Waals surface area contributed by atoms with Crippen molar-refractivity contribution in [1.82, 2.24) is 0 Å². The predicted octanol–water partition coefficient (Wildman–Crippen LogP) is 4.42. The molecule has 0 aliphatic rings. The minimum Gasteiger partial charge on any atom is -0.322 e. The lowest BCUT2D eigenvalue weighted by Gasteiger charge is -2.11. The van der Waals surface area contributed by atoms with Crippen LogP contribution in [0.25, 0.3) is 0 Å². The first-order valence-corrected chi connectivity index (χ1v) is 7.56. The number of Topliss-reactive ketones (excluding diaryl/α,β-unsaturated/α-hetero) is 1. The second kappa shape index (κ2) is 7.23. The topological polar surface area (TPSA) is 46.2 Å². The molecule has 0 aromatic heterocycles. The van der Waals surface area contributed by atoms with Gasteiger partial charge in [-0.3, -0.25) is 9.59 Å². The number of nitrogens with one attached hydrogen (secondary N) is 1. The Hall–Kier alpha value is -2.13. The summed E-state index contributed by atoms with van der Waals surface area (Å²) in [5.41, 5.74) is 2.84. The van der Waals surface area contributed by atoms with Crippen molar-refractivity contribution in [2.24, 2.45) is 0 Å². The van der Waals surface area contributed by atoms with Crippen LogP contribution in [0.15, 0.2) is 42.5 Å². The number of ketones is 1. The van der Waals surface area contributed by atoms with Crippen molar-refractivity contribution in [1.29, 1.82) is 0 Å². The number of hydrogen-bond acceptors (Lipinski definition) is 2. The van der Waals surface area contributed by atoms with Gasteiger partial charge in [0.1, 0.15) is 5.78 Å². The predicted molar refractivity (Wildman–Crippen MR) is 89.6 cm³/mol. The third-order valence-corrected chi connectivity index (χ3v) is 3.73. The van der Waals surface area contributed by atoms with Crippen LogP contribution in [0.2, 0.25) is 5.02 Å². The van der Waals surface area contributed by atoms with Crippen LogP contribution in [0.1, 0.15) is 34.8 Å². The Morgan fingerprint density at radius 2 is 1.77 bits per heavy atom. The lowest BCUT2D eigenvalue weighted by atomic mass is 10.0. The maximum absolute atomic E-state index is 12.5. The molecule has 0 radical (unpaired) electrons. The highest BCUT2D eigenvalue weighted by Crippen LogP contribution is 2.23. The van der Waals surface area contributed by atoms with E-state index in [4.69, 9.17) is 11.6 Å². The second-order valence-electron chi connectivity index (χ2n) is 5.16. The van der Waals surface area contributed by atoms with Crippen LogP contribution in [0.4, 0.5) is 5.69 Å². The fourth-order valence-electron chi connectivity index (χ4n) is 2.14. The Morgan fingerprint density at radius 1 is 1.09 bits per heavy atom. The first kappa shape index (κ1) is 16.2. The molecule has 0 aliphatic heterocycles. The van der Waals surface area contributed by atoms with E-state index in [9.17, 15) is 9.59 Å². The van der Waals surface area contributed by atoms with Crippen LogP contribution < -0.4 is 5.32 Å². The Kier molecular flexibility index (Phi) is 5.34. The first-order valence-electron chi connectivity index (χ1n) is 7.18. The van der Waals surface area contributed by atoms with Gasteiger partial charge in [0.2, 0.25) is 0 Å². The Balaban J connectivity index is 2.28. The summed E-state index contributed by atoms with van der Waals surface area (Å²) >= 11 is 6.17. The molecule has 3 nitrogen and oxygen atoms in total. The van der Waals surface area contributed by atoms with Gasteiger partial charge in [0.25, 0.3) is 5.91 Å². The minimum absolute atomic E-state index is 0.0756. The molecule has 0 saturated heterocycles. The summed E-state index contributed by atoms with van der Waals surface area (Å²) in [6, 6.07) is 12.7. The average molecular weight is 316 g/mol. The largest absolute Gasteiger partial charge is 0.322 e. The number of carbonyl (C=O) groups is 2. The van der Waals surface area contributed by atoms with Gasteiger partial charge in [-0.25, -0.2) is 0 Å². The van der Waals surface area contributed by atoms with E-state index >= 15 is 0 Å². The van der Waals surface area contributed by atoms with E-state index in [2.05, 4.69) is 5.32 Å². The van der Waals surface area contributed by atoms with Crippen molar-refractivity contribution in [3.05, 3.63) is 64.2 Å². The molecule has 0 bridgehead atoms. The van der Waals surface area contributed by atoms with Crippen LogP contribution in [0, 0.1) is 6.92 Å². The van der Waals surface area contributed by atoms with Crippen molar-refractivity contribution in [2.75, 3.05) is 5.32 Å². The van der Waals surface area contributed by atoms with Gasteiger partial charge < -0.3 is 5.32 Å². The fraction of sp³-hybridized carbons (Fsp3) is 0.222. The third-order valence-electron chi connectivity index (χ3n) is 3.42. The number of amides is 1. The van der Waals surface area contributed by atoms with Gasteiger partial charge in [-0.15, -0.1) is 0 Å². The van der Waals surface area contributed by atoms with Gasteiger partial charge in [-0.2, -0.15) is 0 Å². The Labute approximate surface area is 135 Å². The van der Waals surface area contributed by atoms with Gasteiger partial charge in [0, 0.05) is 18.5 Å². The molecule has 4 heteroatoms. The number of halogens is 1. The first-order chi connectivity index (χ1) is 10.5. The van der Waals surface area contributed by atoms with Crippen LogP contribution >= 0.6 is 11.6 Å². The molecular formula is C18H18ClNO2. The van der Waals surface area contributed by atoms with Gasteiger partial charge in [-0.05, 0) is 30.7 Å². The lowest BCUT2D eigenvalue weighted by Crippen LogP contribution is -2.16. The number of hydrogen-bond donors (Lipinski definition) is 1. The molecule has 2 rings (SSSR count). The van der Waals surface area contributed by atoms with E-state index in [0.717, 1.165) is 5.56 Å². The molecule has 0 aliphatic carbocycles. The zero-order valence-electron chi connectivity index (χ0n) is 12.7. The summed E-state index contributed by atoms with van der Waals surface area (Å²) in [6.45, 7) is 3.78. The zero-order chi connectivity index (χ0) is 16.1. The summed E-state index contributed by atoms with van der Waals surface area (Å²) < 4.78 is 0. The molecule has 114 valence electrons. The van der Waals surface area contributed by atoms with Crippen LogP contribution in [0.5, 0.6) is 0 Å². The molecule has 0 atom stereocenters. The molecule has 1 amide bonds. The standard InChI is InChI=1S/C18H18ClNO2/c1-3-15(21)11-13-5-4-6-16(19)17(13)18(22)20-14-9-7-12(2)8-10-14/h4-10H,3,11H2,1-2H3,(H,20,22). The molecule has 2 aromatic rings. The average Bonchev–Trinajstić information content (AvgIpc) is 2.49. The van der Waals surface area contributed by atoms with E-state index in [1.54, 1.807) is 25.1 Å². The van der Waals surface area contributed by atoms with Crippen LogP contribution in [-0.2, 0) is 11.2 Å². The zero-order valence-corrected chi connectivity index (χ0v) is 13.4. The Morgan fingerprint density at radius 3 is 2.41 bits per heavy atom. The molecule has 0 fully saturated rings. The van der Waals surface area contributed by atoms with Gasteiger partial charge in [0.05, 0.1) is 10.6 Å². The monoisotopic (exact) mass is 315 g/mol. The summed E-state index contributed by atoms with van der Waals surface area (Å²) in [5.74, 6) is -0.222. The van der Waals surface area contributed by atoms with Crippen molar-refractivity contribution < 1.29 is 9.59 Å². The molecule has 1 N–H and O–H groups in total. The molecule has 0 heterocycles. The van der Waals surface area contributed by atoms with Crippen molar-refractivity contribution >= 4 is 29.0 Å². The van der Waals surface area contributed by atoms with Gasteiger partial charge in [0.15, 0.2) is 0 Å². The summed E-state index contributed by atoms with van der Waals surface area (Å²) in [4.78, 5) is 24.2. The molecular weight excluding hydrogens is 298 g/mol. The SMILES string of the molecule is CCC(=O)Cc1cccc(Cl)c1C(=O)Nc1ccc(C)cc1. The summed E-state index contributed by atoms with van der Waals surface area (Å²) in [7, 11) is 0. The maximum Gasteiger partial charge on any atom is 0.257 e. The third kappa shape index (κ3) is 3.95. The number of anilines is 1. The Bertz CT molecular complexity index is 693. The summed E-state index contributed by atoms with van der Waals surface area (Å²) in [5, 5.41) is 3.18. The number of carbonyl (C=O) groups excluding carboxylic acids is 2. The molecule has 2 aromatic carbocycles. The van der Waals surface area contributed by atoms with Crippen molar-refractivity contribution in [3.8, 4) is 0 Å². The smallest absolute Gasteiger partial charge is 0.257 e. The lowest BCUT2D eigenvalue weighted by molar-refractivity contribution is -0.118. The van der Waals surface area contributed by atoms with Crippen LogP contribution in [0.3, 0.4) is 0 Å². The normalized spacial score (nSPS) is 10.3. The van der Waals surface area contributed by atoms with E-state index < -0.39 is 0 Å². The molecule has 0 saturated carbocycles. The van der Waals surface area contributed by atoms with Gasteiger partial charge in [-0.1, -0.05) is 48.4 Å². The highest BCUT2D eigenvalue weighted by molar-refractivity contribution is 6.34. The molecule has 0 unspecified atom stereocenters. The number of rotatable bonds is 5. The molecule has 22 heavy (non-hydrogen) atoms. The highest BCUT2D eigenvalue weighted by atomic mass is 35.5. The molecule has 0 spiro atoms. The van der Waals surface area contributed by atoms with E-state index in [0.29, 0.717) is 28.3 Å². The quantitative estimate of drug-likeness (QED) is 0.887. The van der Waals surface area contributed by atoms with E-state index in [1.807, 2.05) is 31.2 Å². The highest BCUT2D eigenvalue weighted by Gasteiger charge is 2.17. The number of aryl methyl sites for hydroxylation is 1. The fourth-order valence-corrected chi connectivity index (χ4v) is 2.42. The van der Waals surface area contributed by atoms with E-state index in [-0.39, 0.29) is 18.1 Å². The maximum atomic E-state index is 12.5. The van der Waals surface area contributed by atoms with E-state index in [1.165, 1.54) is 0 Å². The summed E-state index contributed by atoms with van der Waals surface area (Å²) in [6.07, 6.45) is 0.652. The van der Waals surface area contributed by atoms with Crippen molar-refractivity contribution in [2.45, 2.75) is 26.7 Å². The number of benzene rings is 2. The van der Waals surface area contributed by atoms with Crippen LogP contribution in [-0.4, -0.2) is 11.7 Å². The van der Waals surface area contributed by atoms with Gasteiger partial charge >= 0.3 is 0 Å². The van der Waals surface area contributed by atoms with Crippen molar-refractivity contribution in [3.63, 3.8) is 0 Å². The second-order valence-corrected chi connectivity index (χ2v) is 5.57. The minimum atomic E-state index is -0.298.